The maximum atomic E-state index is 16.0. The van der Waals surface area contributed by atoms with Crippen LogP contribution in [0.2, 0.25) is 0 Å². The van der Waals surface area contributed by atoms with Crippen molar-refractivity contribution in [2.75, 3.05) is 13.7 Å². The number of methoxy groups -OCH3 is 1. The van der Waals surface area contributed by atoms with Gasteiger partial charge in [0.1, 0.15) is 65.0 Å². The van der Waals surface area contributed by atoms with Gasteiger partial charge in [-0.2, -0.15) is 0 Å². The van der Waals surface area contributed by atoms with Gasteiger partial charge in [0.15, 0.2) is 0 Å². The van der Waals surface area contributed by atoms with Gasteiger partial charge in [-0.3, -0.25) is 38.4 Å². The number of esters is 1. The van der Waals surface area contributed by atoms with Crippen molar-refractivity contribution in [3.8, 4) is 0 Å². The van der Waals surface area contributed by atoms with Crippen LogP contribution < -0.4 is 42.5 Å². The second-order valence-electron chi connectivity index (χ2n) is 30.0. The Morgan fingerprint density at radius 2 is 0.973 bits per heavy atom. The fraction of sp³-hybridized carbons (Fsp3) is 0.388. The third-order valence-electron chi connectivity index (χ3n) is 19.5. The first-order valence-electron chi connectivity index (χ1n) is 37.4. The number of aryl methyl sites for hydroxylation is 1. The topological polar surface area (TPSA) is 324 Å². The van der Waals surface area contributed by atoms with Crippen LogP contribution in [0.4, 0.5) is 4.79 Å². The Bertz CT molecular complexity index is 4240. The van der Waals surface area contributed by atoms with Gasteiger partial charge in [0.25, 0.3) is 0 Å². The predicted molar refractivity (Wildman–Crippen MR) is 416 cm³/mol. The van der Waals surface area contributed by atoms with E-state index in [0.29, 0.717) is 34.5 Å². The Morgan fingerprint density at radius 1 is 0.518 bits per heavy atom. The van der Waals surface area contributed by atoms with E-state index in [-0.39, 0.29) is 38.1 Å². The summed E-state index contributed by atoms with van der Waals surface area (Å²) in [5, 5.41) is 22.8. The van der Waals surface area contributed by atoms with Gasteiger partial charge in [0.2, 0.25) is 47.3 Å². The van der Waals surface area contributed by atoms with Crippen molar-refractivity contribution in [1.82, 2.24) is 66.5 Å². The monoisotopic (exact) mass is 1500 g/mol. The summed E-state index contributed by atoms with van der Waals surface area (Å²) in [5.41, 5.74) is 2.04. The molecule has 25 nitrogen and oxygen atoms in total. The maximum Gasteiger partial charge on any atom is 0.408 e. The molecular formula is C85H103N13O12. The van der Waals surface area contributed by atoms with E-state index >= 15 is 24.0 Å². The van der Waals surface area contributed by atoms with Crippen LogP contribution >= 0.6 is 0 Å². The molecule has 0 saturated carbocycles. The highest BCUT2D eigenvalue weighted by Gasteiger charge is 2.45. The van der Waals surface area contributed by atoms with Crippen LogP contribution in [0.5, 0.6) is 0 Å². The normalized spacial score (nSPS) is 15.0. The van der Waals surface area contributed by atoms with Crippen LogP contribution in [0, 0.1) is 17.8 Å². The zero-order valence-corrected chi connectivity index (χ0v) is 64.6. The molecule has 3 heterocycles. The number of carbonyl (C=O) groups excluding carboxylic acids is 10. The number of benzene rings is 6. The lowest BCUT2D eigenvalue weighted by molar-refractivity contribution is -0.145. The first kappa shape index (κ1) is 82.3. The molecule has 8 N–H and O–H groups in total. The van der Waals surface area contributed by atoms with Crippen molar-refractivity contribution in [3.05, 3.63) is 252 Å². The van der Waals surface area contributed by atoms with Gasteiger partial charge < -0.3 is 66.0 Å². The zero-order chi connectivity index (χ0) is 79.5. The Kier molecular flexibility index (Phi) is 28.0. The van der Waals surface area contributed by atoms with Crippen molar-refractivity contribution in [2.45, 2.75) is 173 Å². The van der Waals surface area contributed by atoms with Gasteiger partial charge in [-0.1, -0.05) is 224 Å². The van der Waals surface area contributed by atoms with Gasteiger partial charge in [0.05, 0.1) is 31.9 Å². The summed E-state index contributed by atoms with van der Waals surface area (Å²) < 4.78 is 14.1. The highest BCUT2D eigenvalue weighted by atomic mass is 16.6. The molecule has 9 rings (SSSR count). The van der Waals surface area contributed by atoms with Crippen LogP contribution in [0.3, 0.4) is 0 Å². The van der Waals surface area contributed by atoms with E-state index in [4.69, 9.17) is 14.5 Å². The summed E-state index contributed by atoms with van der Waals surface area (Å²) >= 11 is 0. The Balaban J connectivity index is 1.09. The van der Waals surface area contributed by atoms with E-state index < -0.39 is 143 Å². The van der Waals surface area contributed by atoms with Gasteiger partial charge >= 0.3 is 12.1 Å². The highest BCUT2D eigenvalue weighted by molar-refractivity contribution is 5.99. The molecule has 0 spiro atoms. The second-order valence-corrected chi connectivity index (χ2v) is 30.0. The van der Waals surface area contributed by atoms with Crippen molar-refractivity contribution in [2.24, 2.45) is 24.8 Å². The fourth-order valence-electron chi connectivity index (χ4n) is 14.1. The van der Waals surface area contributed by atoms with Crippen LogP contribution in [-0.4, -0.2) is 151 Å². The molecule has 1 aliphatic rings. The molecular weight excluding hydrogens is 1400 g/mol. The molecule has 110 heavy (non-hydrogen) atoms. The molecule has 2 aromatic heterocycles. The Hall–Kier alpha value is -11.8. The van der Waals surface area contributed by atoms with Crippen molar-refractivity contribution in [3.63, 3.8) is 0 Å². The maximum absolute atomic E-state index is 16.0. The largest absolute Gasteiger partial charge is 0.467 e. The molecule has 0 radical (unpaired) electrons. The minimum Gasteiger partial charge on any atom is -0.467 e. The molecule has 8 atom stereocenters. The first-order valence-corrected chi connectivity index (χ1v) is 37.4. The third kappa shape index (κ3) is 20.3. The lowest BCUT2D eigenvalue weighted by Crippen LogP contribution is -2.62. The van der Waals surface area contributed by atoms with Gasteiger partial charge in [-0.25, -0.2) is 19.6 Å². The zero-order valence-electron chi connectivity index (χ0n) is 64.6. The molecule has 580 valence electrons. The van der Waals surface area contributed by atoms with Crippen LogP contribution in [0.25, 0.3) is 0 Å². The van der Waals surface area contributed by atoms with Crippen LogP contribution in [0.1, 0.15) is 140 Å². The number of nitrogens with one attached hydrogen (secondary N) is 8. The van der Waals surface area contributed by atoms with Crippen molar-refractivity contribution < 1.29 is 57.4 Å². The lowest BCUT2D eigenvalue weighted by atomic mass is 9.77. The highest BCUT2D eigenvalue weighted by Crippen LogP contribution is 2.42. The number of carbonyl (C=O) groups is 10. The second kappa shape index (κ2) is 37.4. The van der Waals surface area contributed by atoms with E-state index in [9.17, 15) is 24.0 Å². The fourth-order valence-corrected chi connectivity index (χ4v) is 14.1. The molecule has 1 fully saturated rings. The summed E-state index contributed by atoms with van der Waals surface area (Å²) in [6, 6.07) is 46.6. The van der Waals surface area contributed by atoms with Crippen LogP contribution in [-0.2, 0) is 83.6 Å². The minimum atomic E-state index is -1.78. The Morgan fingerprint density at radius 3 is 1.43 bits per heavy atom. The number of hydrogen-bond donors (Lipinski definition) is 8. The number of imidazole rings is 2. The average Bonchev–Trinajstić information content (AvgIpc) is 1.31. The van der Waals surface area contributed by atoms with Crippen molar-refractivity contribution >= 4 is 59.3 Å². The van der Waals surface area contributed by atoms with Gasteiger partial charge in [0, 0.05) is 44.5 Å². The van der Waals surface area contributed by atoms with Crippen molar-refractivity contribution in [1.29, 1.82) is 0 Å². The first-order chi connectivity index (χ1) is 52.5. The summed E-state index contributed by atoms with van der Waals surface area (Å²) in [4.78, 5) is 158. The third-order valence-corrected chi connectivity index (χ3v) is 19.5. The number of alkyl carbamates (subject to hydrolysis) is 1. The molecule has 25 heteroatoms. The van der Waals surface area contributed by atoms with Gasteiger partial charge in [-0.15, -0.1) is 0 Å². The summed E-state index contributed by atoms with van der Waals surface area (Å²) in [6.45, 7) is 17.0. The standard InChI is InChI=1S/C85H103N13O12/c1-54(2)46-66(74(100)88-57(7)81(107)109-12)90-78(104)73(56(5)6)94-77(103)70-44-31-45-98(70)80(106)69(47-64-51-97(53-87-64)85(61-38-25-16-26-39-61,62-40-27-17-28-41-62)63-42-29-18-30-43-63)91-79(105)72(55(3)4)93-76(102)68(89-75(101)67(48-65-50-86-52-96(65)11)92-82(108)110-83(8,9)10)49-71(99)95-84(58-32-19-13-20-33-58,59-34-21-14-22-35-59)60-36-23-15-24-37-60/h13-30,32-43,50-57,66-70,72-73H,31,44-49H2,1-12H3,(H,88,100)(H,89,101)(H,90,104)(H,91,105)(H,92,108)(H,93,102)(H,94,103)(H,95,99)/t57-,66-,67-,68-,69-,70+,72+,73+/m0/s1. The summed E-state index contributed by atoms with van der Waals surface area (Å²) in [5.74, 6) is -8.23. The van der Waals surface area contributed by atoms with E-state index in [0.717, 1.165) is 16.7 Å². The van der Waals surface area contributed by atoms with E-state index in [1.807, 2.05) is 207 Å². The van der Waals surface area contributed by atoms with E-state index in [2.05, 4.69) is 47.5 Å². The van der Waals surface area contributed by atoms with E-state index in [1.165, 1.54) is 31.5 Å². The molecule has 0 unspecified atom stereocenters. The summed E-state index contributed by atoms with van der Waals surface area (Å²) in [7, 11) is 2.90. The summed E-state index contributed by atoms with van der Waals surface area (Å²) in [6.07, 6.45) is 5.10. The number of ether oxygens (including phenoxy) is 2. The molecule has 8 aromatic rings. The number of amides is 9. The number of rotatable bonds is 33. The number of aromatic nitrogens is 4. The molecule has 1 saturated heterocycles. The average molecular weight is 1500 g/mol. The lowest BCUT2D eigenvalue weighted by Gasteiger charge is -2.37. The molecule has 0 bridgehead atoms. The Labute approximate surface area is 643 Å². The molecule has 0 aliphatic carbocycles. The van der Waals surface area contributed by atoms with Gasteiger partial charge in [-0.05, 0) is 98.1 Å². The minimum absolute atomic E-state index is 0.0443. The molecule has 1 aliphatic heterocycles. The van der Waals surface area contributed by atoms with E-state index in [1.54, 1.807) is 66.4 Å². The SMILES string of the molecule is COC(=O)[C@H](C)NC(=O)[C@H](CC(C)C)NC(=O)[C@H](NC(=O)[C@H]1CCCN1C(=O)[C@H](Cc1cn(C(c2ccccc2)(c2ccccc2)c2ccccc2)cn1)NC(=O)[C@H](NC(=O)[C@H](CC(=O)NC(c1ccccc1)(c1ccccc1)c1ccccc1)NC(=O)[C@H](Cc1cncn1C)NC(=O)OC(C)(C)C)C(C)C)C(C)C. The quantitative estimate of drug-likeness (QED) is 0.0142. The van der Waals surface area contributed by atoms with Crippen LogP contribution in [0.15, 0.2) is 207 Å². The number of nitrogens with zero attached hydrogens (tertiary/aromatic N) is 5. The molecule has 6 aromatic carbocycles. The predicted octanol–water partition coefficient (Wildman–Crippen LogP) is 8.08. The number of hydrogen-bond acceptors (Lipinski definition) is 14. The molecule has 9 amide bonds. The smallest absolute Gasteiger partial charge is 0.408 e. The number of likely N-dealkylation sites (tertiary alicyclic amines) is 1.